The highest BCUT2D eigenvalue weighted by Crippen LogP contribution is 2.44. The van der Waals surface area contributed by atoms with Crippen LogP contribution in [0.25, 0.3) is 0 Å². The van der Waals surface area contributed by atoms with Crippen LogP contribution in [0, 0.1) is 11.3 Å². The van der Waals surface area contributed by atoms with Crippen molar-refractivity contribution in [1.82, 2.24) is 9.78 Å². The number of carbonyl (C=O) groups excluding carboxylic acids is 2. The largest absolute Gasteiger partial charge is 0.322 e. The molecule has 4 rings (SSSR count). The van der Waals surface area contributed by atoms with E-state index < -0.39 is 0 Å². The summed E-state index contributed by atoms with van der Waals surface area (Å²) in [4.78, 5) is 27.7. The number of hydrogen-bond donors (Lipinski definition) is 2. The lowest BCUT2D eigenvalue weighted by molar-refractivity contribution is 0.102. The molecule has 1 unspecified atom stereocenters. The van der Waals surface area contributed by atoms with Gasteiger partial charge in [0.2, 0.25) is 0 Å². The smallest absolute Gasteiger partial charge is 0.276 e. The SMILES string of the molecule is CCc1ccc(NC(=O)c2c(NC(=O)c3ccn(CC)n3)sc3c2CCC(C(C)(C)C)C3)cc1. The molecule has 1 atom stereocenters. The fourth-order valence-electron chi connectivity index (χ4n) is 4.50. The predicted octanol–water partition coefficient (Wildman–Crippen LogP) is 6.18. The monoisotopic (exact) mass is 478 g/mol. The number of thiophene rings is 1. The van der Waals surface area contributed by atoms with Crippen molar-refractivity contribution in [3.8, 4) is 0 Å². The standard InChI is InChI=1S/C27H34N4O2S/c1-6-17-8-11-19(12-9-17)28-25(33)23-20-13-10-18(27(3,4)5)16-22(20)34-26(23)29-24(32)21-14-15-31(7-2)30-21/h8-9,11-12,14-15,18H,6-7,10,13,16H2,1-5H3,(H,28,33)(H,29,32). The minimum Gasteiger partial charge on any atom is -0.322 e. The van der Waals surface area contributed by atoms with Crippen LogP contribution in [0.1, 0.15) is 77.9 Å². The molecule has 2 N–H and O–H groups in total. The molecule has 1 aromatic carbocycles. The number of carbonyl (C=O) groups is 2. The van der Waals surface area contributed by atoms with Gasteiger partial charge in [-0.15, -0.1) is 11.3 Å². The van der Waals surface area contributed by atoms with Crippen LogP contribution in [0.15, 0.2) is 36.5 Å². The van der Waals surface area contributed by atoms with E-state index in [1.165, 1.54) is 21.8 Å². The van der Waals surface area contributed by atoms with E-state index in [4.69, 9.17) is 0 Å². The van der Waals surface area contributed by atoms with Crippen molar-refractivity contribution < 1.29 is 9.59 Å². The highest BCUT2D eigenvalue weighted by Gasteiger charge is 2.34. The normalized spacial score (nSPS) is 15.6. The first-order valence-electron chi connectivity index (χ1n) is 12.1. The van der Waals surface area contributed by atoms with Gasteiger partial charge in [0.25, 0.3) is 11.8 Å². The molecule has 3 aromatic rings. The van der Waals surface area contributed by atoms with Gasteiger partial charge in [-0.05, 0) is 73.3 Å². The molecular formula is C27H34N4O2S. The van der Waals surface area contributed by atoms with Gasteiger partial charge in [-0.2, -0.15) is 5.10 Å². The molecule has 34 heavy (non-hydrogen) atoms. The van der Waals surface area contributed by atoms with Crippen molar-refractivity contribution >= 4 is 33.8 Å². The van der Waals surface area contributed by atoms with Crippen molar-refractivity contribution in [2.24, 2.45) is 11.3 Å². The van der Waals surface area contributed by atoms with Gasteiger partial charge in [0.15, 0.2) is 5.69 Å². The summed E-state index contributed by atoms with van der Waals surface area (Å²) in [6.45, 7) is 11.6. The summed E-state index contributed by atoms with van der Waals surface area (Å²) in [6.07, 6.45) is 5.54. The van der Waals surface area contributed by atoms with Crippen LogP contribution in [0.5, 0.6) is 0 Å². The molecule has 0 bridgehead atoms. The van der Waals surface area contributed by atoms with Gasteiger partial charge in [0, 0.05) is 23.3 Å². The summed E-state index contributed by atoms with van der Waals surface area (Å²) in [5.74, 6) is 0.0739. The number of fused-ring (bicyclic) bond motifs is 1. The van der Waals surface area contributed by atoms with Crippen LogP contribution in [-0.2, 0) is 25.8 Å². The van der Waals surface area contributed by atoms with Crippen LogP contribution in [0.3, 0.4) is 0 Å². The minimum atomic E-state index is -0.292. The lowest BCUT2D eigenvalue weighted by Crippen LogP contribution is -2.27. The van der Waals surface area contributed by atoms with E-state index in [-0.39, 0.29) is 17.2 Å². The molecule has 0 spiro atoms. The summed E-state index contributed by atoms with van der Waals surface area (Å²) in [6, 6.07) is 9.62. The van der Waals surface area contributed by atoms with Crippen molar-refractivity contribution in [2.75, 3.05) is 10.6 Å². The van der Waals surface area contributed by atoms with E-state index in [9.17, 15) is 9.59 Å². The fraction of sp³-hybridized carbons (Fsp3) is 0.444. The molecular weight excluding hydrogens is 444 g/mol. The number of benzene rings is 1. The first-order chi connectivity index (χ1) is 16.2. The third kappa shape index (κ3) is 5.09. The highest BCUT2D eigenvalue weighted by molar-refractivity contribution is 7.17. The molecule has 2 amide bonds. The van der Waals surface area contributed by atoms with Crippen molar-refractivity contribution in [1.29, 1.82) is 0 Å². The van der Waals surface area contributed by atoms with E-state index in [1.807, 2.05) is 31.2 Å². The Bertz CT molecular complexity index is 1180. The predicted molar refractivity (Wildman–Crippen MR) is 139 cm³/mol. The molecule has 6 nitrogen and oxygen atoms in total. The van der Waals surface area contributed by atoms with Gasteiger partial charge in [0.1, 0.15) is 5.00 Å². The average Bonchev–Trinajstić information content (AvgIpc) is 3.43. The third-order valence-corrected chi connectivity index (χ3v) is 7.93. The van der Waals surface area contributed by atoms with E-state index in [2.05, 4.69) is 43.4 Å². The molecule has 0 fully saturated rings. The van der Waals surface area contributed by atoms with Gasteiger partial charge in [0.05, 0.1) is 5.56 Å². The second kappa shape index (κ2) is 9.74. The topological polar surface area (TPSA) is 76.0 Å². The quantitative estimate of drug-likeness (QED) is 0.444. The first-order valence-corrected chi connectivity index (χ1v) is 12.9. The number of aryl methyl sites for hydroxylation is 2. The van der Waals surface area contributed by atoms with E-state index in [0.717, 1.165) is 36.9 Å². The molecule has 7 heteroatoms. The number of nitrogens with one attached hydrogen (secondary N) is 2. The van der Waals surface area contributed by atoms with Gasteiger partial charge in [-0.25, -0.2) is 0 Å². The summed E-state index contributed by atoms with van der Waals surface area (Å²) in [5.41, 5.74) is 4.18. The first kappa shape index (κ1) is 24.2. The lowest BCUT2D eigenvalue weighted by Gasteiger charge is -2.33. The lowest BCUT2D eigenvalue weighted by atomic mass is 9.72. The fourth-order valence-corrected chi connectivity index (χ4v) is 5.82. The van der Waals surface area contributed by atoms with Crippen molar-refractivity contribution in [3.05, 3.63) is 63.8 Å². The second-order valence-electron chi connectivity index (χ2n) is 10.0. The van der Waals surface area contributed by atoms with E-state index in [1.54, 1.807) is 16.9 Å². The Hall–Kier alpha value is -2.93. The molecule has 1 aliphatic carbocycles. The number of nitrogens with zero attached hydrogens (tertiary/aromatic N) is 2. The zero-order chi connectivity index (χ0) is 24.5. The average molecular weight is 479 g/mol. The van der Waals surface area contributed by atoms with Crippen LogP contribution in [0.4, 0.5) is 10.7 Å². The number of hydrogen-bond acceptors (Lipinski definition) is 4. The van der Waals surface area contributed by atoms with Gasteiger partial charge in [-0.1, -0.05) is 39.8 Å². The number of amides is 2. The van der Waals surface area contributed by atoms with Crippen LogP contribution in [0.2, 0.25) is 0 Å². The maximum absolute atomic E-state index is 13.5. The van der Waals surface area contributed by atoms with Gasteiger partial charge >= 0.3 is 0 Å². The summed E-state index contributed by atoms with van der Waals surface area (Å²) in [5, 5.41) is 11.0. The Balaban J connectivity index is 1.65. The molecule has 0 saturated carbocycles. The Kier molecular flexibility index (Phi) is 6.94. The second-order valence-corrected chi connectivity index (χ2v) is 11.1. The Morgan fingerprint density at radius 2 is 1.82 bits per heavy atom. The van der Waals surface area contributed by atoms with E-state index >= 15 is 0 Å². The zero-order valence-corrected chi connectivity index (χ0v) is 21.5. The van der Waals surface area contributed by atoms with Crippen molar-refractivity contribution in [3.63, 3.8) is 0 Å². The Morgan fingerprint density at radius 3 is 2.44 bits per heavy atom. The van der Waals surface area contributed by atoms with Crippen molar-refractivity contribution in [2.45, 2.75) is 66.8 Å². The highest BCUT2D eigenvalue weighted by atomic mass is 32.1. The molecule has 180 valence electrons. The molecule has 2 aromatic heterocycles. The molecule has 1 aliphatic rings. The zero-order valence-electron chi connectivity index (χ0n) is 20.7. The maximum Gasteiger partial charge on any atom is 0.276 e. The van der Waals surface area contributed by atoms with E-state index in [0.29, 0.717) is 28.7 Å². The van der Waals surface area contributed by atoms with Crippen LogP contribution >= 0.6 is 11.3 Å². The summed E-state index contributed by atoms with van der Waals surface area (Å²) < 4.78 is 1.72. The summed E-state index contributed by atoms with van der Waals surface area (Å²) >= 11 is 1.53. The Labute approximate surface area is 205 Å². The molecule has 0 aliphatic heterocycles. The van der Waals surface area contributed by atoms with Gasteiger partial charge in [-0.3, -0.25) is 14.3 Å². The molecule has 0 radical (unpaired) electrons. The third-order valence-electron chi connectivity index (χ3n) is 6.76. The number of rotatable bonds is 6. The maximum atomic E-state index is 13.5. The Morgan fingerprint density at radius 1 is 1.09 bits per heavy atom. The number of anilines is 2. The van der Waals surface area contributed by atoms with Crippen LogP contribution < -0.4 is 10.6 Å². The van der Waals surface area contributed by atoms with Crippen LogP contribution in [-0.4, -0.2) is 21.6 Å². The van der Waals surface area contributed by atoms with Gasteiger partial charge < -0.3 is 10.6 Å². The molecule has 0 saturated heterocycles. The summed E-state index contributed by atoms with van der Waals surface area (Å²) in [7, 11) is 0. The molecule has 2 heterocycles. The number of aromatic nitrogens is 2. The minimum absolute atomic E-state index is 0.176.